The first-order valence-corrected chi connectivity index (χ1v) is 7.14. The smallest absolute Gasteiger partial charge is 0.264 e. The molecule has 1 amide bonds. The maximum atomic E-state index is 11.6. The van der Waals surface area contributed by atoms with Crippen LogP contribution in [0.15, 0.2) is 6.20 Å². The lowest BCUT2D eigenvalue weighted by molar-refractivity contribution is 0.0948. The van der Waals surface area contributed by atoms with E-state index in [1.807, 2.05) is 0 Å². The number of nitrogens with one attached hydrogen (secondary N) is 1. The summed E-state index contributed by atoms with van der Waals surface area (Å²) in [6, 6.07) is 0. The molecule has 0 aromatic carbocycles. The number of carbonyl (C=O) groups is 1. The molecule has 1 aromatic rings. The van der Waals surface area contributed by atoms with Crippen molar-refractivity contribution >= 4 is 33.4 Å². The normalized spacial score (nSPS) is 25.3. The Balaban J connectivity index is 1.77. The molecule has 88 valence electrons. The summed E-state index contributed by atoms with van der Waals surface area (Å²) in [5.41, 5.74) is 0. The Bertz CT molecular complexity index is 344. The second kappa shape index (κ2) is 5.72. The van der Waals surface area contributed by atoms with Crippen LogP contribution in [0.5, 0.6) is 0 Å². The highest BCUT2D eigenvalue weighted by molar-refractivity contribution is 9.09. The Labute approximate surface area is 107 Å². The van der Waals surface area contributed by atoms with Gasteiger partial charge in [-0.1, -0.05) is 26.8 Å². The van der Waals surface area contributed by atoms with Crippen molar-refractivity contribution in [1.29, 1.82) is 0 Å². The van der Waals surface area contributed by atoms with Crippen molar-refractivity contribution in [3.05, 3.63) is 11.1 Å². The minimum atomic E-state index is -0.0494. The highest BCUT2D eigenvalue weighted by Crippen LogP contribution is 2.28. The average Bonchev–Trinajstić information content (AvgIpc) is 2.79. The van der Waals surface area contributed by atoms with E-state index in [-0.39, 0.29) is 5.91 Å². The zero-order valence-electron chi connectivity index (χ0n) is 8.86. The van der Waals surface area contributed by atoms with Crippen LogP contribution in [0.4, 0.5) is 0 Å². The molecule has 2 rings (SSSR count). The van der Waals surface area contributed by atoms with E-state index in [1.165, 1.54) is 25.5 Å². The number of amides is 1. The molecule has 1 saturated carbocycles. The fraction of sp³-hybridized carbons (Fsp3) is 0.700. The number of aromatic nitrogens is 2. The molecule has 1 N–H and O–H groups in total. The molecule has 1 heterocycles. The molecule has 1 aliphatic rings. The van der Waals surface area contributed by atoms with Crippen LogP contribution in [0.1, 0.15) is 35.4 Å². The zero-order chi connectivity index (χ0) is 11.4. The van der Waals surface area contributed by atoms with E-state index in [0.29, 0.717) is 15.6 Å². The van der Waals surface area contributed by atoms with Gasteiger partial charge in [0, 0.05) is 11.4 Å². The van der Waals surface area contributed by atoms with Crippen LogP contribution in [-0.4, -0.2) is 26.9 Å². The molecule has 6 heteroatoms. The summed E-state index contributed by atoms with van der Waals surface area (Å²) in [5, 5.41) is 6.60. The lowest BCUT2D eigenvalue weighted by Gasteiger charge is -2.25. The van der Waals surface area contributed by atoms with Crippen molar-refractivity contribution in [1.82, 2.24) is 14.9 Å². The van der Waals surface area contributed by atoms with Crippen molar-refractivity contribution < 1.29 is 4.79 Å². The number of nitrogens with zero attached hydrogens (tertiary/aromatic N) is 2. The maximum Gasteiger partial charge on any atom is 0.264 e. The number of alkyl halides is 1. The molecular weight excluding hydrogens is 290 g/mol. The molecule has 1 fully saturated rings. The Kier molecular flexibility index (Phi) is 4.29. The average molecular weight is 304 g/mol. The van der Waals surface area contributed by atoms with Gasteiger partial charge in [0.25, 0.3) is 5.91 Å². The topological polar surface area (TPSA) is 54.9 Å². The van der Waals surface area contributed by atoms with Gasteiger partial charge in [-0.25, -0.2) is 0 Å². The Morgan fingerprint density at radius 2 is 2.50 bits per heavy atom. The Hall–Kier alpha value is -0.490. The number of halogens is 1. The van der Waals surface area contributed by atoms with E-state index in [2.05, 4.69) is 30.8 Å². The minimum absolute atomic E-state index is 0.0494. The first-order valence-electron chi connectivity index (χ1n) is 5.45. The molecule has 1 aliphatic carbocycles. The maximum absolute atomic E-state index is 11.6. The number of rotatable bonds is 3. The second-order valence-electron chi connectivity index (χ2n) is 4.12. The van der Waals surface area contributed by atoms with E-state index >= 15 is 0 Å². The molecule has 0 saturated heterocycles. The summed E-state index contributed by atoms with van der Waals surface area (Å²) in [6.45, 7) is 0.763. The van der Waals surface area contributed by atoms with Crippen LogP contribution in [0.2, 0.25) is 0 Å². The molecule has 1 aromatic heterocycles. The largest absolute Gasteiger partial charge is 0.351 e. The third-order valence-electron chi connectivity index (χ3n) is 2.86. The lowest BCUT2D eigenvalue weighted by Crippen LogP contribution is -2.31. The third-order valence-corrected chi connectivity index (χ3v) is 4.35. The zero-order valence-corrected chi connectivity index (χ0v) is 11.3. The summed E-state index contributed by atoms with van der Waals surface area (Å²) >= 11 is 4.78. The Morgan fingerprint density at radius 1 is 1.62 bits per heavy atom. The first-order chi connectivity index (χ1) is 7.75. The van der Waals surface area contributed by atoms with E-state index in [0.717, 1.165) is 24.5 Å². The van der Waals surface area contributed by atoms with Gasteiger partial charge in [-0.15, -0.1) is 5.10 Å². The summed E-state index contributed by atoms with van der Waals surface area (Å²) in [6.07, 6.45) is 6.38. The van der Waals surface area contributed by atoms with Crippen LogP contribution in [0.3, 0.4) is 0 Å². The van der Waals surface area contributed by atoms with Crippen molar-refractivity contribution in [2.45, 2.75) is 30.5 Å². The second-order valence-corrected chi connectivity index (χ2v) is 6.20. The monoisotopic (exact) mass is 303 g/mol. The van der Waals surface area contributed by atoms with Gasteiger partial charge in [0.1, 0.15) is 4.88 Å². The van der Waals surface area contributed by atoms with Crippen LogP contribution < -0.4 is 5.32 Å². The highest BCUT2D eigenvalue weighted by Gasteiger charge is 2.20. The van der Waals surface area contributed by atoms with Crippen molar-refractivity contribution in [3.8, 4) is 0 Å². The molecule has 16 heavy (non-hydrogen) atoms. The van der Waals surface area contributed by atoms with Crippen LogP contribution >= 0.6 is 27.5 Å². The van der Waals surface area contributed by atoms with Gasteiger partial charge in [-0.05, 0) is 36.7 Å². The van der Waals surface area contributed by atoms with E-state index in [4.69, 9.17) is 0 Å². The fourth-order valence-electron chi connectivity index (χ4n) is 2.00. The quantitative estimate of drug-likeness (QED) is 0.871. The van der Waals surface area contributed by atoms with Gasteiger partial charge in [0.05, 0.1) is 6.20 Å². The molecule has 4 nitrogen and oxygen atoms in total. The predicted octanol–water partition coefficient (Wildman–Crippen LogP) is 2.22. The van der Waals surface area contributed by atoms with Crippen molar-refractivity contribution in [2.75, 3.05) is 6.54 Å². The van der Waals surface area contributed by atoms with Gasteiger partial charge in [0.2, 0.25) is 0 Å². The molecule has 2 unspecified atom stereocenters. The molecule has 0 aliphatic heterocycles. The van der Waals surface area contributed by atoms with Crippen molar-refractivity contribution in [3.63, 3.8) is 0 Å². The van der Waals surface area contributed by atoms with Crippen LogP contribution in [0.25, 0.3) is 0 Å². The summed E-state index contributed by atoms with van der Waals surface area (Å²) in [4.78, 5) is 12.8. The lowest BCUT2D eigenvalue weighted by atomic mass is 9.89. The molecule has 2 atom stereocenters. The standard InChI is InChI=1S/C10H14BrN3OS/c11-8-3-1-2-7(4-8)5-12-10(15)9-6-13-14-16-9/h6-8H,1-5H2,(H,12,15). The van der Waals surface area contributed by atoms with Gasteiger partial charge < -0.3 is 5.32 Å². The summed E-state index contributed by atoms with van der Waals surface area (Å²) in [5.74, 6) is 0.551. The van der Waals surface area contributed by atoms with Gasteiger partial charge in [-0.2, -0.15) is 0 Å². The van der Waals surface area contributed by atoms with Crippen LogP contribution in [0, 0.1) is 5.92 Å². The van der Waals surface area contributed by atoms with E-state index in [1.54, 1.807) is 0 Å². The summed E-state index contributed by atoms with van der Waals surface area (Å²) in [7, 11) is 0. The van der Waals surface area contributed by atoms with Crippen molar-refractivity contribution in [2.24, 2.45) is 5.92 Å². The fourth-order valence-corrected chi connectivity index (χ4v) is 3.29. The molecule has 0 spiro atoms. The Morgan fingerprint density at radius 3 is 3.19 bits per heavy atom. The molecule has 0 bridgehead atoms. The van der Waals surface area contributed by atoms with Gasteiger partial charge in [0.15, 0.2) is 0 Å². The van der Waals surface area contributed by atoms with Gasteiger partial charge in [-0.3, -0.25) is 4.79 Å². The number of hydrogen-bond donors (Lipinski definition) is 1. The highest BCUT2D eigenvalue weighted by atomic mass is 79.9. The predicted molar refractivity (Wildman–Crippen MR) is 66.9 cm³/mol. The van der Waals surface area contributed by atoms with E-state index < -0.39 is 0 Å². The van der Waals surface area contributed by atoms with E-state index in [9.17, 15) is 4.79 Å². The summed E-state index contributed by atoms with van der Waals surface area (Å²) < 4.78 is 3.67. The number of hydrogen-bond acceptors (Lipinski definition) is 4. The SMILES string of the molecule is O=C(NCC1CCCC(Br)C1)c1cnns1. The van der Waals surface area contributed by atoms with Crippen LogP contribution in [-0.2, 0) is 0 Å². The third kappa shape index (κ3) is 3.25. The molecular formula is C10H14BrN3OS. The molecule has 0 radical (unpaired) electrons. The van der Waals surface area contributed by atoms with Gasteiger partial charge >= 0.3 is 0 Å². The number of carbonyl (C=O) groups excluding carboxylic acids is 1. The minimum Gasteiger partial charge on any atom is -0.351 e. The first kappa shape index (κ1) is 12.0.